The van der Waals surface area contributed by atoms with Crippen LogP contribution in [0.1, 0.15) is 12.0 Å². The maximum Gasteiger partial charge on any atom is 0.218 e. The molecule has 1 unspecified atom stereocenters. The lowest BCUT2D eigenvalue weighted by atomic mass is 10.1. The summed E-state index contributed by atoms with van der Waals surface area (Å²) in [6, 6.07) is 10.1. The Morgan fingerprint density at radius 3 is 3.05 bits per heavy atom. The molecule has 1 atom stereocenters. The lowest BCUT2D eigenvalue weighted by Gasteiger charge is -2.13. The largest absolute Gasteiger partial charge is 0.477 e. The van der Waals surface area contributed by atoms with Gasteiger partial charge in [-0.3, -0.25) is 0 Å². The van der Waals surface area contributed by atoms with Crippen molar-refractivity contribution in [3.63, 3.8) is 0 Å². The summed E-state index contributed by atoms with van der Waals surface area (Å²) < 4.78 is 11.2. The number of aromatic nitrogens is 1. The molecule has 1 aromatic carbocycles. The summed E-state index contributed by atoms with van der Waals surface area (Å²) in [7, 11) is 0. The van der Waals surface area contributed by atoms with E-state index in [4.69, 9.17) is 15.2 Å². The second kappa shape index (κ2) is 5.55. The van der Waals surface area contributed by atoms with Crippen LogP contribution in [0.25, 0.3) is 10.9 Å². The van der Waals surface area contributed by atoms with E-state index in [1.165, 1.54) is 0 Å². The van der Waals surface area contributed by atoms with Crippen molar-refractivity contribution in [2.75, 3.05) is 19.8 Å². The van der Waals surface area contributed by atoms with Gasteiger partial charge < -0.3 is 15.2 Å². The highest BCUT2D eigenvalue weighted by molar-refractivity contribution is 5.80. The Morgan fingerprint density at radius 1 is 1.37 bits per heavy atom. The average molecular weight is 258 g/mol. The van der Waals surface area contributed by atoms with Crippen LogP contribution in [0.3, 0.4) is 0 Å². The molecule has 100 valence electrons. The minimum atomic E-state index is 0.439. The summed E-state index contributed by atoms with van der Waals surface area (Å²) in [4.78, 5) is 4.56. The van der Waals surface area contributed by atoms with E-state index < -0.39 is 0 Å². The second-order valence-electron chi connectivity index (χ2n) is 4.89. The maximum absolute atomic E-state index is 5.85. The normalized spacial score (nSPS) is 18.9. The lowest BCUT2D eigenvalue weighted by molar-refractivity contribution is 0.165. The van der Waals surface area contributed by atoms with Gasteiger partial charge in [0.05, 0.1) is 18.7 Å². The van der Waals surface area contributed by atoms with Gasteiger partial charge in [0.25, 0.3) is 0 Å². The first-order valence-electron chi connectivity index (χ1n) is 6.66. The zero-order chi connectivity index (χ0) is 13.1. The molecule has 2 aromatic rings. The van der Waals surface area contributed by atoms with E-state index in [0.29, 0.717) is 24.9 Å². The Balaban J connectivity index is 1.83. The van der Waals surface area contributed by atoms with Gasteiger partial charge in [-0.25, -0.2) is 4.98 Å². The highest BCUT2D eigenvalue weighted by Gasteiger charge is 2.17. The van der Waals surface area contributed by atoms with Gasteiger partial charge in [-0.2, -0.15) is 0 Å². The van der Waals surface area contributed by atoms with E-state index in [1.807, 2.05) is 24.3 Å². The van der Waals surface area contributed by atoms with Crippen molar-refractivity contribution < 1.29 is 9.47 Å². The van der Waals surface area contributed by atoms with Crippen LogP contribution in [0.5, 0.6) is 5.88 Å². The second-order valence-corrected chi connectivity index (χ2v) is 4.89. The van der Waals surface area contributed by atoms with Crippen molar-refractivity contribution >= 4 is 10.9 Å². The Kier molecular flexibility index (Phi) is 3.62. The fraction of sp³-hybridized carbons (Fsp3) is 0.400. The molecule has 3 rings (SSSR count). The Labute approximate surface area is 112 Å². The van der Waals surface area contributed by atoms with Crippen LogP contribution < -0.4 is 10.5 Å². The third-order valence-corrected chi connectivity index (χ3v) is 3.46. The number of nitrogens with two attached hydrogens (primary N) is 1. The minimum Gasteiger partial charge on any atom is -0.477 e. The standard InChI is InChI=1S/C15H18N2O2/c16-8-13-7-12-3-1-2-4-14(12)17-15(13)19-10-11-5-6-18-9-11/h1-4,7,11H,5-6,8-10,16H2. The first kappa shape index (κ1) is 12.4. The molecule has 19 heavy (non-hydrogen) atoms. The van der Waals surface area contributed by atoms with Crippen molar-refractivity contribution in [1.82, 2.24) is 4.98 Å². The van der Waals surface area contributed by atoms with Gasteiger partial charge in [-0.15, -0.1) is 0 Å². The summed E-state index contributed by atoms with van der Waals surface area (Å²) in [5.74, 6) is 1.13. The SMILES string of the molecule is NCc1cc2ccccc2nc1OCC1CCOC1. The smallest absolute Gasteiger partial charge is 0.218 e. The molecule has 1 fully saturated rings. The summed E-state index contributed by atoms with van der Waals surface area (Å²) in [6.45, 7) is 2.71. The predicted molar refractivity (Wildman–Crippen MR) is 74.1 cm³/mol. The average Bonchev–Trinajstić information content (AvgIpc) is 2.97. The third-order valence-electron chi connectivity index (χ3n) is 3.46. The quantitative estimate of drug-likeness (QED) is 0.912. The Hall–Kier alpha value is -1.65. The van der Waals surface area contributed by atoms with Crippen molar-refractivity contribution in [2.24, 2.45) is 11.7 Å². The fourth-order valence-electron chi connectivity index (χ4n) is 2.32. The van der Waals surface area contributed by atoms with Crippen molar-refractivity contribution in [3.8, 4) is 5.88 Å². The molecule has 0 saturated carbocycles. The summed E-state index contributed by atoms with van der Waals surface area (Å²) in [6.07, 6.45) is 1.06. The molecular formula is C15H18N2O2. The molecule has 0 aliphatic carbocycles. The van der Waals surface area contributed by atoms with Gasteiger partial charge in [-0.05, 0) is 18.6 Å². The highest BCUT2D eigenvalue weighted by Crippen LogP contribution is 2.23. The van der Waals surface area contributed by atoms with Crippen LogP contribution in [-0.4, -0.2) is 24.8 Å². The summed E-state index contributed by atoms with van der Waals surface area (Å²) in [5, 5.41) is 1.10. The van der Waals surface area contributed by atoms with Crippen molar-refractivity contribution in [1.29, 1.82) is 0 Å². The van der Waals surface area contributed by atoms with Crippen LogP contribution in [0.15, 0.2) is 30.3 Å². The topological polar surface area (TPSA) is 57.4 Å². The molecule has 4 heteroatoms. The van der Waals surface area contributed by atoms with Crippen LogP contribution in [0.4, 0.5) is 0 Å². The maximum atomic E-state index is 5.85. The van der Waals surface area contributed by atoms with Crippen LogP contribution in [0, 0.1) is 5.92 Å². The summed E-state index contributed by atoms with van der Waals surface area (Å²) >= 11 is 0. The summed E-state index contributed by atoms with van der Waals surface area (Å²) in [5.41, 5.74) is 7.68. The number of fused-ring (bicyclic) bond motifs is 1. The highest BCUT2D eigenvalue weighted by atomic mass is 16.5. The molecule has 0 spiro atoms. The molecule has 0 bridgehead atoms. The first-order chi connectivity index (χ1) is 9.36. The predicted octanol–water partition coefficient (Wildman–Crippen LogP) is 2.11. The Morgan fingerprint density at radius 2 is 2.26 bits per heavy atom. The molecule has 1 aliphatic rings. The molecule has 1 saturated heterocycles. The number of para-hydroxylation sites is 1. The molecule has 1 aliphatic heterocycles. The molecule has 2 heterocycles. The lowest BCUT2D eigenvalue weighted by Crippen LogP contribution is -2.14. The van der Waals surface area contributed by atoms with E-state index in [9.17, 15) is 0 Å². The van der Waals surface area contributed by atoms with Gasteiger partial charge in [0.1, 0.15) is 0 Å². The molecular weight excluding hydrogens is 240 g/mol. The number of benzene rings is 1. The van der Waals surface area contributed by atoms with E-state index in [1.54, 1.807) is 0 Å². The number of nitrogens with zero attached hydrogens (tertiary/aromatic N) is 1. The molecule has 2 N–H and O–H groups in total. The fourth-order valence-corrected chi connectivity index (χ4v) is 2.32. The first-order valence-corrected chi connectivity index (χ1v) is 6.66. The monoisotopic (exact) mass is 258 g/mol. The van der Waals surface area contributed by atoms with E-state index in [2.05, 4.69) is 11.1 Å². The number of pyridine rings is 1. The molecule has 4 nitrogen and oxygen atoms in total. The number of rotatable bonds is 4. The van der Waals surface area contributed by atoms with Crippen LogP contribution in [0.2, 0.25) is 0 Å². The van der Waals surface area contributed by atoms with Gasteiger partial charge >= 0.3 is 0 Å². The van der Waals surface area contributed by atoms with Gasteiger partial charge in [0.15, 0.2) is 0 Å². The van der Waals surface area contributed by atoms with Crippen molar-refractivity contribution in [2.45, 2.75) is 13.0 Å². The number of hydrogen-bond acceptors (Lipinski definition) is 4. The zero-order valence-electron chi connectivity index (χ0n) is 10.8. The number of hydrogen-bond donors (Lipinski definition) is 1. The Bertz CT molecular complexity index is 565. The van der Waals surface area contributed by atoms with Gasteiger partial charge in [-0.1, -0.05) is 18.2 Å². The van der Waals surface area contributed by atoms with Gasteiger partial charge in [0.2, 0.25) is 5.88 Å². The van der Waals surface area contributed by atoms with E-state index in [0.717, 1.165) is 36.1 Å². The third kappa shape index (κ3) is 2.69. The minimum absolute atomic E-state index is 0.439. The van der Waals surface area contributed by atoms with E-state index in [-0.39, 0.29) is 0 Å². The molecule has 0 amide bonds. The molecule has 1 aromatic heterocycles. The van der Waals surface area contributed by atoms with E-state index >= 15 is 0 Å². The van der Waals surface area contributed by atoms with Crippen LogP contribution in [-0.2, 0) is 11.3 Å². The zero-order valence-corrected chi connectivity index (χ0v) is 10.8. The van der Waals surface area contributed by atoms with Crippen LogP contribution >= 0.6 is 0 Å². The van der Waals surface area contributed by atoms with Crippen molar-refractivity contribution in [3.05, 3.63) is 35.9 Å². The number of ether oxygens (including phenoxy) is 2. The van der Waals surface area contributed by atoms with Gasteiger partial charge in [0, 0.05) is 30.0 Å². The molecule has 0 radical (unpaired) electrons.